The molecule has 0 aliphatic heterocycles. The smallest absolute Gasteiger partial charge is 0.269 e. The maximum absolute atomic E-state index is 10.7. The molecule has 1 saturated carbocycles. The van der Waals surface area contributed by atoms with Crippen molar-refractivity contribution in [1.29, 1.82) is 0 Å². The number of nitrogens with zero attached hydrogens (tertiary/aromatic N) is 3. The number of non-ortho nitro benzene ring substituents is 1. The maximum atomic E-state index is 10.7. The zero-order valence-corrected chi connectivity index (χ0v) is 12.3. The number of nitrogens with two attached hydrogens (primary N) is 1. The number of hydrogen-bond acceptors (Lipinski definition) is 6. The molecule has 0 amide bonds. The summed E-state index contributed by atoms with van der Waals surface area (Å²) in [4.78, 5) is 17.9. The van der Waals surface area contributed by atoms with Crippen molar-refractivity contribution in [1.82, 2.24) is 9.88 Å². The van der Waals surface area contributed by atoms with E-state index in [0.29, 0.717) is 11.2 Å². The van der Waals surface area contributed by atoms with Crippen LogP contribution in [0.2, 0.25) is 0 Å². The Morgan fingerprint density at radius 1 is 1.33 bits per heavy atom. The average Bonchev–Trinajstić information content (AvgIpc) is 3.23. The number of thiazole rings is 1. The first-order chi connectivity index (χ1) is 10.1. The normalized spacial score (nSPS) is 14.5. The van der Waals surface area contributed by atoms with Crippen LogP contribution in [0.3, 0.4) is 0 Å². The summed E-state index contributed by atoms with van der Waals surface area (Å²) in [6.45, 7) is 1.62. The molecule has 0 bridgehead atoms. The Labute approximate surface area is 126 Å². The molecular formula is C14H16N4O2S. The lowest BCUT2D eigenvalue weighted by Gasteiger charge is -2.21. The molecule has 110 valence electrons. The minimum absolute atomic E-state index is 0.131. The third-order valence-electron chi connectivity index (χ3n) is 3.53. The van der Waals surface area contributed by atoms with Crippen molar-refractivity contribution in [3.05, 3.63) is 51.0 Å². The van der Waals surface area contributed by atoms with E-state index in [1.807, 2.05) is 18.3 Å². The topological polar surface area (TPSA) is 85.3 Å². The van der Waals surface area contributed by atoms with Crippen LogP contribution in [0.4, 0.5) is 10.8 Å². The van der Waals surface area contributed by atoms with E-state index in [1.54, 1.807) is 12.1 Å². The summed E-state index contributed by atoms with van der Waals surface area (Å²) in [5, 5.41) is 11.3. The zero-order chi connectivity index (χ0) is 14.8. The second kappa shape index (κ2) is 5.79. The first kappa shape index (κ1) is 14.0. The van der Waals surface area contributed by atoms with Crippen LogP contribution in [0, 0.1) is 10.1 Å². The van der Waals surface area contributed by atoms with Gasteiger partial charge in [-0.1, -0.05) is 12.1 Å². The van der Waals surface area contributed by atoms with E-state index in [0.717, 1.165) is 23.5 Å². The Morgan fingerprint density at radius 2 is 2.05 bits per heavy atom. The van der Waals surface area contributed by atoms with Gasteiger partial charge in [-0.3, -0.25) is 15.0 Å². The molecule has 1 heterocycles. The predicted octanol–water partition coefficient (Wildman–Crippen LogP) is 2.80. The van der Waals surface area contributed by atoms with Crippen molar-refractivity contribution in [2.45, 2.75) is 32.0 Å². The molecule has 3 rings (SSSR count). The van der Waals surface area contributed by atoms with Crippen LogP contribution < -0.4 is 5.73 Å². The second-order valence-electron chi connectivity index (χ2n) is 5.22. The van der Waals surface area contributed by atoms with Crippen molar-refractivity contribution < 1.29 is 4.92 Å². The van der Waals surface area contributed by atoms with E-state index in [9.17, 15) is 10.1 Å². The maximum Gasteiger partial charge on any atom is 0.269 e. The van der Waals surface area contributed by atoms with Crippen molar-refractivity contribution in [3.63, 3.8) is 0 Å². The van der Waals surface area contributed by atoms with Crippen molar-refractivity contribution in [2.24, 2.45) is 0 Å². The fraction of sp³-hybridized carbons (Fsp3) is 0.357. The Bertz CT molecular complexity index is 637. The van der Waals surface area contributed by atoms with Crippen LogP contribution in [0.1, 0.15) is 23.3 Å². The van der Waals surface area contributed by atoms with Crippen molar-refractivity contribution in [3.8, 4) is 0 Å². The molecule has 1 aromatic heterocycles. The van der Waals surface area contributed by atoms with Crippen LogP contribution in [0.25, 0.3) is 0 Å². The number of benzene rings is 1. The van der Waals surface area contributed by atoms with Gasteiger partial charge in [0.05, 0.1) is 4.92 Å². The summed E-state index contributed by atoms with van der Waals surface area (Å²) in [7, 11) is 0. The molecule has 1 fully saturated rings. The first-order valence-electron chi connectivity index (χ1n) is 6.79. The van der Waals surface area contributed by atoms with Gasteiger partial charge >= 0.3 is 0 Å². The van der Waals surface area contributed by atoms with Crippen molar-refractivity contribution >= 4 is 22.2 Å². The molecular weight excluding hydrogens is 288 g/mol. The van der Waals surface area contributed by atoms with Gasteiger partial charge in [0.15, 0.2) is 5.13 Å². The highest BCUT2D eigenvalue weighted by Gasteiger charge is 2.29. The predicted molar refractivity (Wildman–Crippen MR) is 81.9 cm³/mol. The summed E-state index contributed by atoms with van der Waals surface area (Å²) in [6, 6.07) is 7.38. The molecule has 1 aliphatic carbocycles. The molecule has 1 aliphatic rings. The van der Waals surface area contributed by atoms with Crippen LogP contribution in [0.5, 0.6) is 0 Å². The molecule has 6 nitrogen and oxygen atoms in total. The van der Waals surface area contributed by atoms with Crippen LogP contribution in [-0.2, 0) is 13.1 Å². The number of hydrogen-bond donors (Lipinski definition) is 1. The number of anilines is 1. The minimum Gasteiger partial charge on any atom is -0.375 e. The highest BCUT2D eigenvalue weighted by Crippen LogP contribution is 2.31. The zero-order valence-electron chi connectivity index (χ0n) is 11.4. The largest absolute Gasteiger partial charge is 0.375 e. The highest BCUT2D eigenvalue weighted by atomic mass is 32.1. The number of rotatable bonds is 6. The van der Waals surface area contributed by atoms with E-state index in [4.69, 9.17) is 5.73 Å². The third-order valence-corrected chi connectivity index (χ3v) is 4.34. The molecule has 2 N–H and O–H groups in total. The molecule has 0 unspecified atom stereocenters. The van der Waals surface area contributed by atoms with Gasteiger partial charge in [-0.05, 0) is 18.4 Å². The van der Waals surface area contributed by atoms with E-state index in [2.05, 4.69) is 9.88 Å². The quantitative estimate of drug-likeness (QED) is 0.655. The first-order valence-corrected chi connectivity index (χ1v) is 7.61. The van der Waals surface area contributed by atoms with Crippen LogP contribution in [-0.4, -0.2) is 20.8 Å². The average molecular weight is 304 g/mol. The van der Waals surface area contributed by atoms with E-state index in [1.165, 1.54) is 24.2 Å². The summed E-state index contributed by atoms with van der Waals surface area (Å²) < 4.78 is 0. The molecule has 0 spiro atoms. The van der Waals surface area contributed by atoms with Crippen molar-refractivity contribution in [2.75, 3.05) is 5.73 Å². The minimum atomic E-state index is -0.372. The van der Waals surface area contributed by atoms with Gasteiger partial charge in [-0.25, -0.2) is 4.98 Å². The van der Waals surface area contributed by atoms with Crippen LogP contribution >= 0.6 is 11.3 Å². The molecule has 0 saturated heterocycles. The molecule has 0 atom stereocenters. The number of nitro benzene ring substituents is 1. The SMILES string of the molecule is Nc1ncc(CN(Cc2ccc([N+](=O)[O-])cc2)C2CC2)s1. The summed E-state index contributed by atoms with van der Waals surface area (Å²) >= 11 is 1.51. The van der Waals surface area contributed by atoms with Gasteiger partial charge in [0.2, 0.25) is 0 Å². The Kier molecular flexibility index (Phi) is 3.85. The number of nitro groups is 1. The lowest BCUT2D eigenvalue weighted by molar-refractivity contribution is -0.384. The third kappa shape index (κ3) is 3.56. The summed E-state index contributed by atoms with van der Waals surface area (Å²) in [6.07, 6.45) is 4.24. The standard InChI is InChI=1S/C14H16N4O2S/c15-14-16-7-13(21-14)9-17(11-5-6-11)8-10-1-3-12(4-2-10)18(19)20/h1-4,7,11H,5-6,8-9H2,(H2,15,16). The highest BCUT2D eigenvalue weighted by molar-refractivity contribution is 7.15. The summed E-state index contributed by atoms with van der Waals surface area (Å²) in [5.74, 6) is 0. The Hall–Kier alpha value is -1.99. The lowest BCUT2D eigenvalue weighted by atomic mass is 10.2. The fourth-order valence-electron chi connectivity index (χ4n) is 2.31. The van der Waals surface area contributed by atoms with Gasteiger partial charge < -0.3 is 5.73 Å². The molecule has 1 aromatic carbocycles. The van der Waals surface area contributed by atoms with Gasteiger partial charge in [-0.15, -0.1) is 11.3 Å². The Balaban J connectivity index is 1.68. The van der Waals surface area contributed by atoms with Gasteiger partial charge in [0, 0.05) is 42.3 Å². The molecule has 0 radical (unpaired) electrons. The van der Waals surface area contributed by atoms with Gasteiger partial charge in [0.1, 0.15) is 0 Å². The fourth-order valence-corrected chi connectivity index (χ4v) is 3.02. The summed E-state index contributed by atoms with van der Waals surface area (Å²) in [5.41, 5.74) is 6.89. The Morgan fingerprint density at radius 3 is 2.57 bits per heavy atom. The second-order valence-corrected chi connectivity index (χ2v) is 6.37. The van der Waals surface area contributed by atoms with E-state index < -0.39 is 0 Å². The van der Waals surface area contributed by atoms with Crippen LogP contribution in [0.15, 0.2) is 30.5 Å². The van der Waals surface area contributed by atoms with E-state index >= 15 is 0 Å². The number of nitrogen functional groups attached to an aromatic ring is 1. The molecule has 7 heteroatoms. The monoisotopic (exact) mass is 304 g/mol. The number of aromatic nitrogens is 1. The lowest BCUT2D eigenvalue weighted by Crippen LogP contribution is -2.24. The van der Waals surface area contributed by atoms with Gasteiger partial charge in [0.25, 0.3) is 5.69 Å². The molecule has 21 heavy (non-hydrogen) atoms. The van der Waals surface area contributed by atoms with Gasteiger partial charge in [-0.2, -0.15) is 0 Å². The van der Waals surface area contributed by atoms with E-state index in [-0.39, 0.29) is 10.6 Å². The molecule has 2 aromatic rings.